The molecular weight excluding hydrogens is 360 g/mol. The first-order valence-electron chi connectivity index (χ1n) is 9.63. The summed E-state index contributed by atoms with van der Waals surface area (Å²) >= 11 is 0. The minimum absolute atomic E-state index is 0.0578. The predicted octanol–water partition coefficient (Wildman–Crippen LogP) is 0.401. The molecule has 1 saturated carbocycles. The number of fused-ring (bicyclic) bond motifs is 1. The Balaban J connectivity index is 1.63. The number of hydrogen-bond donors (Lipinski definition) is 2. The molecule has 8 nitrogen and oxygen atoms in total. The van der Waals surface area contributed by atoms with Crippen LogP contribution in [0.3, 0.4) is 0 Å². The molecule has 148 valence electrons. The number of rotatable bonds is 5. The molecule has 2 aliphatic heterocycles. The van der Waals surface area contributed by atoms with Gasteiger partial charge in [0.2, 0.25) is 11.8 Å². The van der Waals surface area contributed by atoms with Crippen molar-refractivity contribution in [3.63, 3.8) is 0 Å². The van der Waals surface area contributed by atoms with Gasteiger partial charge in [0.15, 0.2) is 0 Å². The third-order valence-corrected chi connectivity index (χ3v) is 6.44. The summed E-state index contributed by atoms with van der Waals surface area (Å²) in [5, 5.41) is 2.22. The van der Waals surface area contributed by atoms with Crippen molar-refractivity contribution >= 4 is 23.6 Å². The Morgan fingerprint density at radius 2 is 1.96 bits per heavy atom. The van der Waals surface area contributed by atoms with Gasteiger partial charge in [0.25, 0.3) is 11.8 Å². The molecule has 0 bridgehead atoms. The third-order valence-electron chi connectivity index (χ3n) is 6.44. The summed E-state index contributed by atoms with van der Waals surface area (Å²) in [5.41, 5.74) is 7.36. The molecule has 1 aliphatic carbocycles. The molecule has 8 heteroatoms. The molecule has 2 heterocycles. The van der Waals surface area contributed by atoms with Crippen LogP contribution in [0.25, 0.3) is 0 Å². The molecule has 0 radical (unpaired) electrons. The summed E-state index contributed by atoms with van der Waals surface area (Å²) in [6.07, 6.45) is 3.43. The zero-order chi connectivity index (χ0) is 20.1. The SMILES string of the molecule is CN(Cc1cccc2c1C(=O)N(C1CCC(=O)NC1=O)C2=O)C1(CN)CCC1. The van der Waals surface area contributed by atoms with E-state index in [0.717, 1.165) is 29.7 Å². The van der Waals surface area contributed by atoms with Crippen LogP contribution >= 0.6 is 0 Å². The van der Waals surface area contributed by atoms with Crippen LogP contribution in [0.1, 0.15) is 58.4 Å². The highest BCUT2D eigenvalue weighted by molar-refractivity contribution is 6.24. The van der Waals surface area contributed by atoms with E-state index in [-0.39, 0.29) is 24.3 Å². The first kappa shape index (κ1) is 18.8. The second-order valence-electron chi connectivity index (χ2n) is 7.92. The first-order valence-corrected chi connectivity index (χ1v) is 9.63. The van der Waals surface area contributed by atoms with Crippen molar-refractivity contribution in [2.24, 2.45) is 5.73 Å². The predicted molar refractivity (Wildman–Crippen MR) is 100 cm³/mol. The Kier molecular flexibility index (Phi) is 4.55. The molecule has 2 fully saturated rings. The number of benzene rings is 1. The topological polar surface area (TPSA) is 113 Å². The molecule has 0 spiro atoms. The summed E-state index contributed by atoms with van der Waals surface area (Å²) in [7, 11) is 1.99. The van der Waals surface area contributed by atoms with Crippen molar-refractivity contribution in [2.45, 2.75) is 50.2 Å². The number of amides is 4. The number of nitrogens with two attached hydrogens (primary N) is 1. The molecular formula is C20H24N4O4. The van der Waals surface area contributed by atoms with Crippen molar-refractivity contribution in [1.82, 2.24) is 15.1 Å². The van der Waals surface area contributed by atoms with Gasteiger partial charge in [-0.3, -0.25) is 34.3 Å². The molecule has 1 saturated heterocycles. The lowest BCUT2D eigenvalue weighted by Crippen LogP contribution is -2.56. The molecule has 4 amide bonds. The highest BCUT2D eigenvalue weighted by Crippen LogP contribution is 2.38. The summed E-state index contributed by atoms with van der Waals surface area (Å²) in [4.78, 5) is 52.8. The van der Waals surface area contributed by atoms with Gasteiger partial charge >= 0.3 is 0 Å². The van der Waals surface area contributed by atoms with E-state index in [4.69, 9.17) is 5.73 Å². The molecule has 1 atom stereocenters. The second kappa shape index (κ2) is 6.79. The lowest BCUT2D eigenvalue weighted by atomic mass is 9.75. The third kappa shape index (κ3) is 2.75. The van der Waals surface area contributed by atoms with Gasteiger partial charge in [-0.1, -0.05) is 12.1 Å². The van der Waals surface area contributed by atoms with Gasteiger partial charge in [0.1, 0.15) is 6.04 Å². The van der Waals surface area contributed by atoms with Gasteiger partial charge in [-0.25, -0.2) is 0 Å². The average Bonchev–Trinajstić information content (AvgIpc) is 2.87. The second-order valence-corrected chi connectivity index (χ2v) is 7.92. The normalized spacial score (nSPS) is 23.7. The molecule has 1 aromatic rings. The Labute approximate surface area is 163 Å². The van der Waals surface area contributed by atoms with E-state index in [1.807, 2.05) is 13.1 Å². The number of carbonyl (C=O) groups excluding carboxylic acids is 4. The quantitative estimate of drug-likeness (QED) is 0.711. The van der Waals surface area contributed by atoms with Crippen LogP contribution in [0.15, 0.2) is 18.2 Å². The van der Waals surface area contributed by atoms with Gasteiger partial charge in [-0.15, -0.1) is 0 Å². The standard InChI is InChI=1S/C20H24N4O4/c1-23(20(11-21)8-3-9-20)10-12-4-2-5-13-16(12)19(28)24(18(13)27)14-6-7-15(25)22-17(14)26/h2,4-5,14H,3,6-11,21H2,1H3,(H,22,25,26). The molecule has 3 N–H and O–H groups in total. The van der Waals surface area contributed by atoms with Gasteiger partial charge in [0.05, 0.1) is 11.1 Å². The van der Waals surface area contributed by atoms with E-state index >= 15 is 0 Å². The minimum atomic E-state index is -0.947. The number of likely N-dealkylation sites (N-methyl/N-ethyl adjacent to an activating group) is 1. The van der Waals surface area contributed by atoms with Crippen LogP contribution in [0, 0.1) is 0 Å². The van der Waals surface area contributed by atoms with E-state index in [0.29, 0.717) is 24.2 Å². The van der Waals surface area contributed by atoms with E-state index in [1.165, 1.54) is 0 Å². The van der Waals surface area contributed by atoms with Crippen LogP contribution in [0.5, 0.6) is 0 Å². The van der Waals surface area contributed by atoms with E-state index in [9.17, 15) is 19.2 Å². The van der Waals surface area contributed by atoms with Crippen molar-refractivity contribution in [2.75, 3.05) is 13.6 Å². The van der Waals surface area contributed by atoms with Gasteiger partial charge < -0.3 is 5.73 Å². The molecule has 4 rings (SSSR count). The van der Waals surface area contributed by atoms with Crippen molar-refractivity contribution in [3.05, 3.63) is 34.9 Å². The highest BCUT2D eigenvalue weighted by Gasteiger charge is 2.46. The summed E-state index contributed by atoms with van der Waals surface area (Å²) in [6.45, 7) is 1.05. The highest BCUT2D eigenvalue weighted by atomic mass is 16.2. The maximum Gasteiger partial charge on any atom is 0.262 e. The number of piperidine rings is 1. The van der Waals surface area contributed by atoms with Crippen LogP contribution in [-0.4, -0.2) is 58.6 Å². The van der Waals surface area contributed by atoms with E-state index in [2.05, 4.69) is 10.2 Å². The lowest BCUT2D eigenvalue weighted by molar-refractivity contribution is -0.136. The maximum atomic E-state index is 13.1. The smallest absolute Gasteiger partial charge is 0.262 e. The number of nitrogens with zero attached hydrogens (tertiary/aromatic N) is 2. The number of hydrogen-bond acceptors (Lipinski definition) is 6. The van der Waals surface area contributed by atoms with Crippen LogP contribution in [0.4, 0.5) is 0 Å². The molecule has 0 aromatic heterocycles. The number of carbonyl (C=O) groups is 4. The fraction of sp³-hybridized carbons (Fsp3) is 0.500. The Morgan fingerprint density at radius 1 is 1.21 bits per heavy atom. The molecule has 28 heavy (non-hydrogen) atoms. The van der Waals surface area contributed by atoms with Crippen molar-refractivity contribution in [1.29, 1.82) is 0 Å². The van der Waals surface area contributed by atoms with Crippen LogP contribution in [-0.2, 0) is 16.1 Å². The fourth-order valence-corrected chi connectivity index (χ4v) is 4.47. The van der Waals surface area contributed by atoms with Gasteiger partial charge in [0, 0.05) is 25.0 Å². The Hall–Kier alpha value is -2.58. The van der Waals surface area contributed by atoms with Crippen LogP contribution in [0.2, 0.25) is 0 Å². The molecule has 1 aromatic carbocycles. The molecule has 3 aliphatic rings. The van der Waals surface area contributed by atoms with Crippen molar-refractivity contribution in [3.8, 4) is 0 Å². The lowest BCUT2D eigenvalue weighted by Gasteiger charge is -2.48. The fourth-order valence-electron chi connectivity index (χ4n) is 4.47. The average molecular weight is 384 g/mol. The summed E-state index contributed by atoms with van der Waals surface area (Å²) in [5.74, 6) is -1.92. The largest absolute Gasteiger partial charge is 0.329 e. The maximum absolute atomic E-state index is 13.1. The zero-order valence-corrected chi connectivity index (χ0v) is 15.9. The van der Waals surface area contributed by atoms with E-state index < -0.39 is 23.8 Å². The molecule has 1 unspecified atom stereocenters. The minimum Gasteiger partial charge on any atom is -0.329 e. The summed E-state index contributed by atoms with van der Waals surface area (Å²) < 4.78 is 0. The van der Waals surface area contributed by atoms with E-state index in [1.54, 1.807) is 12.1 Å². The number of imide groups is 2. The van der Waals surface area contributed by atoms with Gasteiger partial charge in [-0.2, -0.15) is 0 Å². The Bertz CT molecular complexity index is 871. The first-order chi connectivity index (χ1) is 13.4. The summed E-state index contributed by atoms with van der Waals surface area (Å²) in [6, 6.07) is 4.28. The van der Waals surface area contributed by atoms with Crippen LogP contribution < -0.4 is 11.1 Å². The Morgan fingerprint density at radius 3 is 2.57 bits per heavy atom. The number of nitrogens with one attached hydrogen (secondary N) is 1. The van der Waals surface area contributed by atoms with Gasteiger partial charge in [-0.05, 0) is 44.4 Å². The van der Waals surface area contributed by atoms with Crippen molar-refractivity contribution < 1.29 is 19.2 Å². The zero-order valence-electron chi connectivity index (χ0n) is 15.9. The monoisotopic (exact) mass is 384 g/mol.